The summed E-state index contributed by atoms with van der Waals surface area (Å²) in [6, 6.07) is 6.92. The molecule has 2 heterocycles. The summed E-state index contributed by atoms with van der Waals surface area (Å²) >= 11 is 0. The van der Waals surface area contributed by atoms with Crippen LogP contribution in [0.25, 0.3) is 0 Å². The normalized spacial score (nSPS) is 20.2. The number of urea groups is 1. The average molecular weight is 395 g/mol. The van der Waals surface area contributed by atoms with Gasteiger partial charge in [0.05, 0.1) is 24.9 Å². The monoisotopic (exact) mass is 395 g/mol. The molecule has 1 spiro atoms. The number of carbonyl (C=O) groups excluding carboxylic acids is 4. The Morgan fingerprint density at radius 3 is 2.66 bits per heavy atom. The molecule has 1 saturated heterocycles. The van der Waals surface area contributed by atoms with Crippen LogP contribution in [0.5, 0.6) is 0 Å². The van der Waals surface area contributed by atoms with E-state index >= 15 is 0 Å². The van der Waals surface area contributed by atoms with Crippen LogP contribution >= 0.6 is 0 Å². The van der Waals surface area contributed by atoms with Gasteiger partial charge < -0.3 is 15.0 Å². The van der Waals surface area contributed by atoms with Gasteiger partial charge in [-0.1, -0.05) is 24.3 Å². The van der Waals surface area contributed by atoms with Gasteiger partial charge >= 0.3 is 12.0 Å². The van der Waals surface area contributed by atoms with Crippen LogP contribution in [0.15, 0.2) is 24.3 Å². The highest BCUT2D eigenvalue weighted by Crippen LogP contribution is 2.41. The molecule has 3 amide bonds. The van der Waals surface area contributed by atoms with Gasteiger partial charge in [0.2, 0.25) is 0 Å². The Morgan fingerprint density at radius 1 is 1.21 bits per heavy atom. The number of Topliss-reactive ketones (excluding diaryl/α,β-unsaturated/α-hetero) is 1. The minimum Gasteiger partial charge on any atom is -0.465 e. The lowest BCUT2D eigenvalue weighted by molar-refractivity contribution is -0.131. The van der Waals surface area contributed by atoms with Gasteiger partial charge in [0, 0.05) is 5.69 Å². The molecule has 0 bridgehead atoms. The summed E-state index contributed by atoms with van der Waals surface area (Å²) in [4.78, 5) is 54.4. The number of methoxy groups -OCH3 is 1. The zero-order valence-electron chi connectivity index (χ0n) is 16.4. The SMILES string of the molecule is COC(=O)c1c(C)[nH]c(C(=O)CN2C(=O)N[C@@]3(CCc4ccccc43)C2=O)c1C. The number of nitrogens with one attached hydrogen (secondary N) is 2. The Labute approximate surface area is 167 Å². The van der Waals surface area contributed by atoms with Gasteiger partial charge in [-0.05, 0) is 43.4 Å². The van der Waals surface area contributed by atoms with Crippen LogP contribution in [0.4, 0.5) is 4.79 Å². The number of imide groups is 1. The summed E-state index contributed by atoms with van der Waals surface area (Å²) in [7, 11) is 1.27. The number of hydrogen-bond acceptors (Lipinski definition) is 5. The van der Waals surface area contributed by atoms with Crippen molar-refractivity contribution in [3.63, 3.8) is 0 Å². The number of aromatic amines is 1. The maximum atomic E-state index is 13.2. The van der Waals surface area contributed by atoms with Gasteiger partial charge in [-0.3, -0.25) is 14.5 Å². The fourth-order valence-electron chi connectivity index (χ4n) is 4.39. The Kier molecular flexibility index (Phi) is 4.29. The van der Waals surface area contributed by atoms with Crippen LogP contribution in [0.2, 0.25) is 0 Å². The number of benzene rings is 1. The number of fused-ring (bicyclic) bond motifs is 2. The number of ketones is 1. The number of aromatic nitrogens is 1. The summed E-state index contributed by atoms with van der Waals surface area (Å²) in [5.41, 5.74) is 2.11. The van der Waals surface area contributed by atoms with E-state index in [-0.39, 0.29) is 11.3 Å². The minimum absolute atomic E-state index is 0.191. The predicted octanol–water partition coefficient (Wildman–Crippen LogP) is 1.99. The Morgan fingerprint density at radius 2 is 1.93 bits per heavy atom. The quantitative estimate of drug-likeness (QED) is 0.468. The molecule has 2 aliphatic rings. The molecule has 1 fully saturated rings. The van der Waals surface area contributed by atoms with Crippen molar-refractivity contribution in [1.29, 1.82) is 0 Å². The van der Waals surface area contributed by atoms with E-state index in [9.17, 15) is 19.2 Å². The number of hydrogen-bond donors (Lipinski definition) is 2. The standard InChI is InChI=1S/C21H21N3O5/c1-11-16(18(26)29-3)12(2)22-17(11)15(25)10-24-19(27)21(23-20(24)28)9-8-13-6-4-5-7-14(13)21/h4-7,22H,8-10H2,1-3H3,(H,23,28)/t21-/m1/s1. The van der Waals surface area contributed by atoms with Gasteiger partial charge in [-0.15, -0.1) is 0 Å². The average Bonchev–Trinajstić information content (AvgIpc) is 3.30. The van der Waals surface area contributed by atoms with Gasteiger partial charge in [-0.2, -0.15) is 0 Å². The highest BCUT2D eigenvalue weighted by molar-refractivity contribution is 6.12. The Bertz CT molecular complexity index is 1070. The highest BCUT2D eigenvalue weighted by Gasteiger charge is 2.55. The second kappa shape index (κ2) is 6.58. The first-order valence-corrected chi connectivity index (χ1v) is 9.33. The molecule has 4 rings (SSSR count). The summed E-state index contributed by atoms with van der Waals surface area (Å²) in [6.07, 6.45) is 1.15. The molecule has 0 radical (unpaired) electrons. The van der Waals surface area contributed by atoms with E-state index in [4.69, 9.17) is 4.74 Å². The van der Waals surface area contributed by atoms with Crippen LogP contribution in [0.1, 0.15) is 49.7 Å². The number of nitrogens with zero attached hydrogens (tertiary/aromatic N) is 1. The highest BCUT2D eigenvalue weighted by atomic mass is 16.5. The van der Waals surface area contributed by atoms with Gasteiger partial charge in [-0.25, -0.2) is 9.59 Å². The minimum atomic E-state index is -1.11. The molecule has 0 saturated carbocycles. The van der Waals surface area contributed by atoms with Crippen molar-refractivity contribution >= 4 is 23.7 Å². The topological polar surface area (TPSA) is 109 Å². The van der Waals surface area contributed by atoms with Crippen LogP contribution in [0, 0.1) is 13.8 Å². The Hall–Kier alpha value is -3.42. The van der Waals surface area contributed by atoms with Crippen molar-refractivity contribution in [2.75, 3.05) is 13.7 Å². The van der Waals surface area contributed by atoms with Crippen LogP contribution < -0.4 is 5.32 Å². The predicted molar refractivity (Wildman–Crippen MR) is 103 cm³/mol. The third-order valence-electron chi connectivity index (χ3n) is 5.83. The summed E-state index contributed by atoms with van der Waals surface area (Å²) in [5, 5.41) is 2.80. The lowest BCUT2D eigenvalue weighted by atomic mass is 9.92. The molecule has 0 unspecified atom stereocenters. The molecule has 1 atom stereocenters. The van der Waals surface area contributed by atoms with Crippen molar-refractivity contribution in [2.45, 2.75) is 32.2 Å². The maximum Gasteiger partial charge on any atom is 0.339 e. The van der Waals surface area contributed by atoms with Crippen LogP contribution in [-0.4, -0.2) is 47.2 Å². The zero-order valence-corrected chi connectivity index (χ0v) is 16.4. The van der Waals surface area contributed by atoms with Crippen molar-refractivity contribution in [3.8, 4) is 0 Å². The van der Waals surface area contributed by atoms with E-state index in [2.05, 4.69) is 10.3 Å². The summed E-state index contributed by atoms with van der Waals surface area (Å²) in [5.74, 6) is -1.42. The van der Waals surface area contributed by atoms with Crippen molar-refractivity contribution in [2.24, 2.45) is 0 Å². The van der Waals surface area contributed by atoms with E-state index in [1.165, 1.54) is 7.11 Å². The van der Waals surface area contributed by atoms with Gasteiger partial charge in [0.1, 0.15) is 5.54 Å². The Balaban J connectivity index is 1.62. The van der Waals surface area contributed by atoms with Crippen LogP contribution in [-0.2, 0) is 21.5 Å². The third kappa shape index (κ3) is 2.66. The molecule has 1 aromatic heterocycles. The van der Waals surface area contributed by atoms with Crippen molar-refractivity contribution < 1.29 is 23.9 Å². The summed E-state index contributed by atoms with van der Waals surface area (Å²) in [6.45, 7) is 2.88. The second-order valence-corrected chi connectivity index (χ2v) is 7.42. The van der Waals surface area contributed by atoms with E-state index in [0.717, 1.165) is 16.0 Å². The second-order valence-electron chi connectivity index (χ2n) is 7.42. The molecule has 8 nitrogen and oxygen atoms in total. The maximum absolute atomic E-state index is 13.2. The fourth-order valence-corrected chi connectivity index (χ4v) is 4.39. The lowest BCUT2D eigenvalue weighted by Gasteiger charge is -2.22. The molecule has 1 aliphatic heterocycles. The third-order valence-corrected chi connectivity index (χ3v) is 5.83. The summed E-state index contributed by atoms with van der Waals surface area (Å²) < 4.78 is 4.76. The number of rotatable bonds is 4. The van der Waals surface area contributed by atoms with Crippen molar-refractivity contribution in [1.82, 2.24) is 15.2 Å². The number of carbonyl (C=O) groups is 4. The number of ether oxygens (including phenoxy) is 1. The molecule has 150 valence electrons. The molecule has 1 aromatic carbocycles. The molecular weight excluding hydrogens is 374 g/mol. The smallest absolute Gasteiger partial charge is 0.339 e. The largest absolute Gasteiger partial charge is 0.465 e. The van der Waals surface area contributed by atoms with E-state index in [0.29, 0.717) is 24.1 Å². The molecule has 2 aromatic rings. The molecule has 8 heteroatoms. The van der Waals surface area contributed by atoms with E-state index < -0.39 is 35.8 Å². The zero-order chi connectivity index (χ0) is 20.9. The first-order chi connectivity index (χ1) is 13.8. The van der Waals surface area contributed by atoms with E-state index in [1.807, 2.05) is 24.3 Å². The van der Waals surface area contributed by atoms with E-state index in [1.54, 1.807) is 13.8 Å². The molecule has 1 aliphatic carbocycles. The fraction of sp³-hybridized carbons (Fsp3) is 0.333. The van der Waals surface area contributed by atoms with Crippen molar-refractivity contribution in [3.05, 3.63) is 57.9 Å². The van der Waals surface area contributed by atoms with Crippen LogP contribution in [0.3, 0.4) is 0 Å². The van der Waals surface area contributed by atoms with Gasteiger partial charge in [0.15, 0.2) is 5.78 Å². The van der Waals surface area contributed by atoms with Gasteiger partial charge in [0.25, 0.3) is 5.91 Å². The number of aryl methyl sites for hydroxylation is 2. The number of amides is 3. The lowest BCUT2D eigenvalue weighted by Crippen LogP contribution is -2.42. The molecular formula is C21H21N3O5. The number of esters is 1. The molecule has 29 heavy (non-hydrogen) atoms. The molecule has 2 N–H and O–H groups in total. The first-order valence-electron chi connectivity index (χ1n) is 9.33. The number of H-pyrrole nitrogens is 1. The first kappa shape index (κ1) is 18.9.